The number of benzene rings is 1. The molecule has 5 atom stereocenters. The Morgan fingerprint density at radius 3 is 2.80 bits per heavy atom. The highest BCUT2D eigenvalue weighted by Gasteiger charge is 2.72. The van der Waals surface area contributed by atoms with Gasteiger partial charge in [0.15, 0.2) is 17.6 Å². The van der Waals surface area contributed by atoms with Crippen LogP contribution in [0.1, 0.15) is 30.9 Å². The molecule has 0 unspecified atom stereocenters. The van der Waals surface area contributed by atoms with Gasteiger partial charge in [-0.25, -0.2) is 4.79 Å². The molecule has 5 rings (SSSR count). The van der Waals surface area contributed by atoms with E-state index in [1.165, 1.54) is 5.56 Å². The summed E-state index contributed by atoms with van der Waals surface area (Å²) in [6.07, 6.45) is 3.09. The Bertz CT molecular complexity index is 908. The summed E-state index contributed by atoms with van der Waals surface area (Å²) < 4.78 is 17.6. The van der Waals surface area contributed by atoms with Gasteiger partial charge in [0, 0.05) is 18.0 Å². The molecule has 1 fully saturated rings. The maximum atomic E-state index is 12.2. The van der Waals surface area contributed by atoms with Crippen LogP contribution in [0.25, 0.3) is 0 Å². The zero-order valence-corrected chi connectivity index (χ0v) is 18.8. The van der Waals surface area contributed by atoms with Gasteiger partial charge in [-0.2, -0.15) is 0 Å². The highest BCUT2D eigenvalue weighted by atomic mass is 35.5. The summed E-state index contributed by atoms with van der Waals surface area (Å²) in [4.78, 5) is 14.5. The maximum Gasteiger partial charge on any atom is 0.327 e. The van der Waals surface area contributed by atoms with E-state index in [2.05, 4.69) is 18.0 Å². The van der Waals surface area contributed by atoms with Gasteiger partial charge in [0.2, 0.25) is 0 Å². The molecular formula is C21H28Cl2N2O5. The number of hydrogen-bond acceptors (Lipinski definition) is 7. The topological polar surface area (TPSA) is 94.2 Å². The third-order valence-electron chi connectivity index (χ3n) is 7.15. The number of rotatable bonds is 3. The van der Waals surface area contributed by atoms with Crippen LogP contribution in [0.3, 0.4) is 0 Å². The molecule has 1 saturated heterocycles. The molecule has 2 aliphatic heterocycles. The van der Waals surface area contributed by atoms with E-state index in [0.29, 0.717) is 30.1 Å². The Labute approximate surface area is 188 Å². The van der Waals surface area contributed by atoms with Crippen LogP contribution >= 0.6 is 24.8 Å². The maximum absolute atomic E-state index is 12.2. The SMILES string of the molecule is COc1ccc2c3c1O[C@H]1C(OC(=O)[C@H](C)N)=CC[C@@]4(O)[C@H](C2)N(C)CC[C@]314.Cl.Cl. The Balaban J connectivity index is 0.00000128. The normalized spacial score (nSPS) is 33.7. The van der Waals surface area contributed by atoms with Crippen molar-refractivity contribution >= 4 is 30.8 Å². The number of ether oxygens (including phenoxy) is 3. The van der Waals surface area contributed by atoms with Crippen LogP contribution in [-0.4, -0.2) is 60.5 Å². The molecule has 1 spiro atoms. The minimum atomic E-state index is -1.00. The molecule has 4 aliphatic rings. The number of piperidine rings is 1. The van der Waals surface area contributed by atoms with Crippen molar-refractivity contribution < 1.29 is 24.1 Å². The van der Waals surface area contributed by atoms with Crippen LogP contribution in [-0.2, 0) is 21.4 Å². The van der Waals surface area contributed by atoms with Gasteiger partial charge in [0.1, 0.15) is 11.8 Å². The third-order valence-corrected chi connectivity index (χ3v) is 7.15. The summed E-state index contributed by atoms with van der Waals surface area (Å²) >= 11 is 0. The molecule has 30 heavy (non-hydrogen) atoms. The fourth-order valence-electron chi connectivity index (χ4n) is 5.80. The summed E-state index contributed by atoms with van der Waals surface area (Å²) in [5.74, 6) is 1.25. The quantitative estimate of drug-likeness (QED) is 0.665. The number of carbonyl (C=O) groups is 1. The van der Waals surface area contributed by atoms with Crippen molar-refractivity contribution in [2.75, 3.05) is 20.7 Å². The zero-order chi connectivity index (χ0) is 19.8. The zero-order valence-electron chi connectivity index (χ0n) is 17.2. The van der Waals surface area contributed by atoms with Crippen molar-refractivity contribution in [3.05, 3.63) is 35.1 Å². The molecule has 1 aromatic rings. The van der Waals surface area contributed by atoms with E-state index in [1.807, 2.05) is 6.07 Å². The predicted octanol–water partition coefficient (Wildman–Crippen LogP) is 1.71. The molecule has 0 amide bonds. The Hall–Kier alpha value is -1.51. The van der Waals surface area contributed by atoms with Gasteiger partial charge in [0.05, 0.1) is 18.1 Å². The molecule has 0 radical (unpaired) electrons. The number of likely N-dealkylation sites (N-methyl/N-ethyl adjacent to an activating group) is 1. The summed E-state index contributed by atoms with van der Waals surface area (Å²) in [7, 11) is 3.67. The van der Waals surface area contributed by atoms with Crippen molar-refractivity contribution in [2.45, 2.75) is 55.4 Å². The largest absolute Gasteiger partial charge is 0.493 e. The first-order valence-electron chi connectivity index (χ1n) is 9.80. The minimum Gasteiger partial charge on any atom is -0.493 e. The lowest BCUT2D eigenvalue weighted by molar-refractivity contribution is -0.169. The highest BCUT2D eigenvalue weighted by molar-refractivity contribution is 5.85. The van der Waals surface area contributed by atoms with Crippen molar-refractivity contribution in [2.24, 2.45) is 5.73 Å². The van der Waals surface area contributed by atoms with E-state index in [1.54, 1.807) is 20.1 Å². The fraction of sp³-hybridized carbons (Fsp3) is 0.571. The van der Waals surface area contributed by atoms with Crippen LogP contribution in [0.2, 0.25) is 0 Å². The molecule has 1 aromatic carbocycles. The van der Waals surface area contributed by atoms with Gasteiger partial charge in [-0.05, 0) is 51.1 Å². The van der Waals surface area contributed by atoms with E-state index in [0.717, 1.165) is 18.5 Å². The van der Waals surface area contributed by atoms with E-state index in [-0.39, 0.29) is 30.9 Å². The summed E-state index contributed by atoms with van der Waals surface area (Å²) in [6.45, 7) is 2.43. The van der Waals surface area contributed by atoms with Crippen LogP contribution in [0.5, 0.6) is 11.5 Å². The van der Waals surface area contributed by atoms with E-state index >= 15 is 0 Å². The first-order chi connectivity index (χ1) is 13.3. The van der Waals surface area contributed by atoms with Gasteiger partial charge in [0.25, 0.3) is 0 Å². The second kappa shape index (κ2) is 7.57. The molecule has 166 valence electrons. The number of likely N-dealkylation sites (tertiary alicyclic amines) is 1. The van der Waals surface area contributed by atoms with Crippen LogP contribution in [0.15, 0.2) is 24.0 Å². The Morgan fingerprint density at radius 1 is 1.40 bits per heavy atom. The first kappa shape index (κ1) is 23.2. The number of methoxy groups -OCH3 is 1. The average molecular weight is 459 g/mol. The van der Waals surface area contributed by atoms with Crippen LogP contribution in [0, 0.1) is 0 Å². The second-order valence-electron chi connectivity index (χ2n) is 8.50. The lowest BCUT2D eigenvalue weighted by Gasteiger charge is -2.61. The molecule has 3 N–H and O–H groups in total. The molecule has 0 saturated carbocycles. The number of esters is 1. The summed E-state index contributed by atoms with van der Waals surface area (Å²) in [5, 5.41) is 12.0. The van der Waals surface area contributed by atoms with Gasteiger partial charge in [-0.3, -0.25) is 0 Å². The van der Waals surface area contributed by atoms with Gasteiger partial charge >= 0.3 is 5.97 Å². The molecule has 2 bridgehead atoms. The summed E-state index contributed by atoms with van der Waals surface area (Å²) in [6, 6.07) is 3.23. The second-order valence-corrected chi connectivity index (χ2v) is 8.50. The van der Waals surface area contributed by atoms with E-state index in [4.69, 9.17) is 19.9 Å². The monoisotopic (exact) mass is 458 g/mol. The highest BCUT2D eigenvalue weighted by Crippen LogP contribution is 2.65. The molecule has 9 heteroatoms. The van der Waals surface area contributed by atoms with Gasteiger partial charge < -0.3 is 30.0 Å². The standard InChI is InChI=1S/C21H26N2O5.2ClH/c1-11(22)19(24)27-14-6-7-21(25)15-10-12-4-5-13(26-3)17-16(12)20(21,18(14)28-17)8-9-23(15)2;;/h4-6,11,15,18,25H,7-10,22H2,1-3H3;2*1H/t11-,15-,18-,20-,21+;;/m0../s1. The van der Waals surface area contributed by atoms with Crippen molar-refractivity contribution in [3.8, 4) is 11.5 Å². The summed E-state index contributed by atoms with van der Waals surface area (Å²) in [5.41, 5.74) is 6.23. The third kappa shape index (κ3) is 2.66. The molecular weight excluding hydrogens is 431 g/mol. The number of carbonyl (C=O) groups excluding carboxylic acids is 1. The van der Waals surface area contributed by atoms with Crippen LogP contribution < -0.4 is 15.2 Å². The van der Waals surface area contributed by atoms with E-state index in [9.17, 15) is 9.90 Å². The average Bonchev–Trinajstić information content (AvgIpc) is 3.02. The lowest BCUT2D eigenvalue weighted by atomic mass is 9.50. The number of nitrogens with two attached hydrogens (primary N) is 1. The van der Waals surface area contributed by atoms with Gasteiger partial charge in [-0.1, -0.05) is 6.07 Å². The van der Waals surface area contributed by atoms with Gasteiger partial charge in [-0.15, -0.1) is 24.8 Å². The lowest BCUT2D eigenvalue weighted by Crippen LogP contribution is -2.74. The molecule has 2 heterocycles. The predicted molar refractivity (Wildman–Crippen MR) is 116 cm³/mol. The number of nitrogens with zero attached hydrogens (tertiary/aromatic N) is 1. The van der Waals surface area contributed by atoms with E-state index < -0.39 is 29.1 Å². The molecule has 0 aromatic heterocycles. The Kier molecular flexibility index (Phi) is 5.84. The molecule has 7 nitrogen and oxygen atoms in total. The number of aliphatic hydroxyl groups is 1. The van der Waals surface area contributed by atoms with Crippen molar-refractivity contribution in [1.82, 2.24) is 4.90 Å². The number of halogens is 2. The van der Waals surface area contributed by atoms with Crippen LogP contribution in [0.4, 0.5) is 0 Å². The fourth-order valence-corrected chi connectivity index (χ4v) is 5.80. The van der Waals surface area contributed by atoms with Crippen molar-refractivity contribution in [3.63, 3.8) is 0 Å². The first-order valence-corrected chi connectivity index (χ1v) is 9.80. The minimum absolute atomic E-state index is 0. The molecule has 2 aliphatic carbocycles. The Morgan fingerprint density at radius 2 is 2.13 bits per heavy atom. The number of hydrogen-bond donors (Lipinski definition) is 2. The van der Waals surface area contributed by atoms with Crippen molar-refractivity contribution in [1.29, 1.82) is 0 Å². The smallest absolute Gasteiger partial charge is 0.327 e.